The Hall–Kier alpha value is -1.71. The van der Waals surface area contributed by atoms with Crippen molar-refractivity contribution in [3.8, 4) is 0 Å². The van der Waals surface area contributed by atoms with Crippen molar-refractivity contribution in [1.82, 2.24) is 14.3 Å². The van der Waals surface area contributed by atoms with Crippen molar-refractivity contribution in [3.63, 3.8) is 0 Å². The summed E-state index contributed by atoms with van der Waals surface area (Å²) in [4.78, 5) is 18.0. The molecule has 0 aromatic carbocycles. The number of rotatable bonds is 5. The van der Waals surface area contributed by atoms with E-state index in [9.17, 15) is 13.2 Å². The number of carbonyl (C=O) groups is 1. The number of imidazole rings is 1. The maximum atomic E-state index is 12.8. The number of thiophene rings is 1. The predicted molar refractivity (Wildman–Crippen MR) is 98.4 cm³/mol. The van der Waals surface area contributed by atoms with Crippen LogP contribution in [0.4, 0.5) is 0 Å². The van der Waals surface area contributed by atoms with Gasteiger partial charge in [-0.2, -0.15) is 0 Å². The molecule has 9 heteroatoms. The van der Waals surface area contributed by atoms with Gasteiger partial charge in [0.1, 0.15) is 16.1 Å². The molecule has 1 amide bonds. The SMILES string of the molecule is CCn1ccnc1[C@@H]1OCCC[C@H]1C(=O)NS(=O)(=O)c1sc(C)cc1C. The molecule has 2 aromatic rings. The second kappa shape index (κ2) is 7.50. The van der Waals surface area contributed by atoms with E-state index in [1.165, 1.54) is 0 Å². The first-order chi connectivity index (χ1) is 12.3. The first kappa shape index (κ1) is 19.1. The van der Waals surface area contributed by atoms with Gasteiger partial charge in [0.25, 0.3) is 10.0 Å². The predicted octanol–water partition coefficient (Wildman–Crippen LogP) is 2.55. The maximum Gasteiger partial charge on any atom is 0.273 e. The third-order valence-corrected chi connectivity index (χ3v) is 7.61. The van der Waals surface area contributed by atoms with Gasteiger partial charge in [0.2, 0.25) is 5.91 Å². The van der Waals surface area contributed by atoms with E-state index >= 15 is 0 Å². The van der Waals surface area contributed by atoms with Crippen LogP contribution in [0, 0.1) is 19.8 Å². The number of hydrogen-bond acceptors (Lipinski definition) is 6. The van der Waals surface area contributed by atoms with Crippen LogP contribution < -0.4 is 4.72 Å². The van der Waals surface area contributed by atoms with Gasteiger partial charge in [-0.15, -0.1) is 11.3 Å². The molecule has 1 N–H and O–H groups in total. The number of aromatic nitrogens is 2. The number of amides is 1. The van der Waals surface area contributed by atoms with Crippen molar-refractivity contribution in [2.24, 2.45) is 5.92 Å². The fourth-order valence-corrected chi connectivity index (χ4v) is 5.99. The fourth-order valence-electron chi connectivity index (χ4n) is 3.29. The highest BCUT2D eigenvalue weighted by atomic mass is 32.2. The lowest BCUT2D eigenvalue weighted by Gasteiger charge is -2.30. The lowest BCUT2D eigenvalue weighted by atomic mass is 9.93. The lowest BCUT2D eigenvalue weighted by molar-refractivity contribution is -0.133. The van der Waals surface area contributed by atoms with E-state index in [1.54, 1.807) is 19.2 Å². The Kier molecular flexibility index (Phi) is 5.50. The van der Waals surface area contributed by atoms with Crippen molar-refractivity contribution in [2.45, 2.75) is 50.5 Å². The quantitative estimate of drug-likeness (QED) is 0.837. The van der Waals surface area contributed by atoms with Gasteiger partial charge in [-0.1, -0.05) is 0 Å². The highest BCUT2D eigenvalue weighted by Crippen LogP contribution is 2.34. The van der Waals surface area contributed by atoms with E-state index in [1.807, 2.05) is 24.6 Å². The van der Waals surface area contributed by atoms with Gasteiger partial charge in [0.15, 0.2) is 0 Å². The first-order valence-electron chi connectivity index (χ1n) is 8.59. The minimum atomic E-state index is -3.89. The summed E-state index contributed by atoms with van der Waals surface area (Å²) in [5, 5.41) is 0. The average Bonchev–Trinajstić information content (AvgIpc) is 3.20. The largest absolute Gasteiger partial charge is 0.369 e. The first-order valence-corrected chi connectivity index (χ1v) is 10.9. The minimum Gasteiger partial charge on any atom is -0.369 e. The molecule has 0 unspecified atom stereocenters. The van der Waals surface area contributed by atoms with Crippen LogP contribution in [-0.2, 0) is 26.1 Å². The molecule has 1 aliphatic rings. The second-order valence-electron chi connectivity index (χ2n) is 6.41. The molecule has 7 nitrogen and oxygen atoms in total. The van der Waals surface area contributed by atoms with Crippen molar-refractivity contribution in [3.05, 3.63) is 34.7 Å². The molecule has 0 radical (unpaired) electrons. The summed E-state index contributed by atoms with van der Waals surface area (Å²) in [5.74, 6) is -0.466. The van der Waals surface area contributed by atoms with E-state index in [-0.39, 0.29) is 4.21 Å². The van der Waals surface area contributed by atoms with Gasteiger partial charge >= 0.3 is 0 Å². The second-order valence-corrected chi connectivity index (χ2v) is 9.54. The maximum absolute atomic E-state index is 12.8. The Morgan fingerprint density at radius 2 is 2.23 bits per heavy atom. The smallest absolute Gasteiger partial charge is 0.273 e. The fraction of sp³-hybridized carbons (Fsp3) is 0.529. The molecule has 1 fully saturated rings. The molecule has 0 spiro atoms. The van der Waals surface area contributed by atoms with E-state index in [2.05, 4.69) is 9.71 Å². The topological polar surface area (TPSA) is 90.3 Å². The highest BCUT2D eigenvalue weighted by Gasteiger charge is 2.37. The summed E-state index contributed by atoms with van der Waals surface area (Å²) in [6, 6.07) is 1.80. The van der Waals surface area contributed by atoms with Crippen molar-refractivity contribution >= 4 is 27.3 Å². The van der Waals surface area contributed by atoms with Gasteiger partial charge in [0.05, 0.1) is 5.92 Å². The molecule has 2 aromatic heterocycles. The van der Waals surface area contributed by atoms with E-state index in [4.69, 9.17) is 4.74 Å². The number of carbonyl (C=O) groups excluding carboxylic acids is 1. The molecule has 0 bridgehead atoms. The molecular formula is C17H23N3O4S2. The van der Waals surface area contributed by atoms with Crippen LogP contribution in [0.2, 0.25) is 0 Å². The summed E-state index contributed by atoms with van der Waals surface area (Å²) in [5.41, 5.74) is 0.644. The average molecular weight is 398 g/mol. The Balaban J connectivity index is 1.84. The number of sulfonamides is 1. The third kappa shape index (κ3) is 3.70. The molecule has 26 heavy (non-hydrogen) atoms. The Morgan fingerprint density at radius 1 is 1.46 bits per heavy atom. The molecule has 1 saturated heterocycles. The molecular weight excluding hydrogens is 374 g/mol. The number of nitrogens with zero attached hydrogens (tertiary/aromatic N) is 2. The van der Waals surface area contributed by atoms with Crippen LogP contribution in [0.15, 0.2) is 22.7 Å². The van der Waals surface area contributed by atoms with Gasteiger partial charge in [-0.25, -0.2) is 18.1 Å². The Labute approximate surface area is 157 Å². The summed E-state index contributed by atoms with van der Waals surface area (Å²) < 4.78 is 35.5. The number of hydrogen-bond donors (Lipinski definition) is 1. The van der Waals surface area contributed by atoms with Gasteiger partial charge in [0, 0.05) is 30.4 Å². The zero-order chi connectivity index (χ0) is 18.9. The molecule has 2 atom stereocenters. The molecule has 3 rings (SSSR count). The van der Waals surface area contributed by atoms with Crippen LogP contribution in [0.3, 0.4) is 0 Å². The number of aryl methyl sites for hydroxylation is 3. The molecule has 0 aliphatic carbocycles. The Bertz CT molecular complexity index is 901. The monoisotopic (exact) mass is 397 g/mol. The molecule has 0 saturated carbocycles. The van der Waals surface area contributed by atoms with E-state index in [0.29, 0.717) is 37.4 Å². The van der Waals surface area contributed by atoms with Crippen molar-refractivity contribution in [2.75, 3.05) is 6.61 Å². The molecule has 142 valence electrons. The van der Waals surface area contributed by atoms with Crippen LogP contribution in [0.1, 0.15) is 42.1 Å². The summed E-state index contributed by atoms with van der Waals surface area (Å²) in [6.07, 6.45) is 4.22. The minimum absolute atomic E-state index is 0.187. The zero-order valence-corrected chi connectivity index (χ0v) is 16.7. The third-order valence-electron chi connectivity index (χ3n) is 4.48. The number of nitrogens with one attached hydrogen (secondary N) is 1. The van der Waals surface area contributed by atoms with Crippen LogP contribution in [-0.4, -0.2) is 30.5 Å². The van der Waals surface area contributed by atoms with Gasteiger partial charge < -0.3 is 9.30 Å². The van der Waals surface area contributed by atoms with E-state index < -0.39 is 28.0 Å². The van der Waals surface area contributed by atoms with Gasteiger partial charge in [-0.05, 0) is 45.2 Å². The van der Waals surface area contributed by atoms with Crippen LogP contribution >= 0.6 is 11.3 Å². The molecule has 1 aliphatic heterocycles. The summed E-state index contributed by atoms with van der Waals surface area (Å²) in [7, 11) is -3.89. The lowest BCUT2D eigenvalue weighted by Crippen LogP contribution is -2.41. The normalized spacial score (nSPS) is 20.9. The van der Waals surface area contributed by atoms with E-state index in [0.717, 1.165) is 16.2 Å². The molecule has 3 heterocycles. The van der Waals surface area contributed by atoms with Gasteiger partial charge in [-0.3, -0.25) is 4.79 Å². The summed E-state index contributed by atoms with van der Waals surface area (Å²) in [6.45, 7) is 6.78. The summed E-state index contributed by atoms with van der Waals surface area (Å²) >= 11 is 1.16. The number of ether oxygens (including phenoxy) is 1. The zero-order valence-electron chi connectivity index (χ0n) is 15.1. The van der Waals surface area contributed by atoms with Crippen LogP contribution in [0.5, 0.6) is 0 Å². The van der Waals surface area contributed by atoms with Crippen LogP contribution in [0.25, 0.3) is 0 Å². The standard InChI is InChI=1S/C17H23N3O4S2/c1-4-20-8-7-18-15(20)14-13(6-5-9-24-14)16(21)19-26(22,23)17-11(2)10-12(3)25-17/h7-8,10,13-14H,4-6,9H2,1-3H3,(H,19,21)/t13-,14-/m1/s1. The Morgan fingerprint density at radius 3 is 2.88 bits per heavy atom. The highest BCUT2D eigenvalue weighted by molar-refractivity contribution is 7.92. The van der Waals surface area contributed by atoms with Crippen molar-refractivity contribution < 1.29 is 17.9 Å². The van der Waals surface area contributed by atoms with Crippen molar-refractivity contribution in [1.29, 1.82) is 0 Å².